The normalized spacial score (nSPS) is 19.3. The van der Waals surface area contributed by atoms with Gasteiger partial charge in [0.05, 0.1) is 5.69 Å². The van der Waals surface area contributed by atoms with Gasteiger partial charge in [0.15, 0.2) is 5.60 Å². The third-order valence-electron chi connectivity index (χ3n) is 4.56. The number of nitrogens with one attached hydrogen (secondary N) is 1. The van der Waals surface area contributed by atoms with Crippen molar-refractivity contribution in [3.05, 3.63) is 18.2 Å². The first-order chi connectivity index (χ1) is 11.0. The number of unbranched alkanes of at least 4 members (excludes halogenated alkanes) is 3. The van der Waals surface area contributed by atoms with Gasteiger partial charge in [-0.15, -0.1) is 0 Å². The summed E-state index contributed by atoms with van der Waals surface area (Å²) in [5.74, 6) is 0.872. The molecule has 4 heteroatoms. The topological polar surface area (TPSA) is 41.6 Å². The molecular weight excluding hydrogens is 288 g/mol. The lowest BCUT2D eigenvalue weighted by Crippen LogP contribution is -2.52. The number of benzene rings is 1. The molecule has 4 nitrogen and oxygen atoms in total. The summed E-state index contributed by atoms with van der Waals surface area (Å²) in [7, 11) is 0. The molecule has 0 unspecified atom stereocenters. The van der Waals surface area contributed by atoms with Gasteiger partial charge >= 0.3 is 0 Å². The molecule has 1 saturated carbocycles. The molecular formula is C19H28N2O2. The van der Waals surface area contributed by atoms with Gasteiger partial charge in [-0.05, 0) is 51.3 Å². The van der Waals surface area contributed by atoms with E-state index in [0.29, 0.717) is 6.04 Å². The summed E-state index contributed by atoms with van der Waals surface area (Å²) < 4.78 is 5.95. The highest BCUT2D eigenvalue weighted by atomic mass is 16.5. The van der Waals surface area contributed by atoms with Crippen LogP contribution < -0.4 is 15.0 Å². The maximum absolute atomic E-state index is 12.8. The number of carbonyl (C=O) groups excluding carboxylic acids is 1. The minimum atomic E-state index is -0.788. The Morgan fingerprint density at radius 2 is 2.04 bits per heavy atom. The Labute approximate surface area is 139 Å². The molecule has 3 rings (SSSR count). The number of hydrogen-bond donors (Lipinski definition) is 1. The van der Waals surface area contributed by atoms with E-state index in [9.17, 15) is 4.79 Å². The van der Waals surface area contributed by atoms with Crippen molar-refractivity contribution < 1.29 is 9.53 Å². The van der Waals surface area contributed by atoms with Crippen LogP contribution in [0.15, 0.2) is 18.2 Å². The van der Waals surface area contributed by atoms with Crippen molar-refractivity contribution >= 4 is 17.3 Å². The van der Waals surface area contributed by atoms with Gasteiger partial charge in [-0.25, -0.2) is 0 Å². The summed E-state index contributed by atoms with van der Waals surface area (Å²) >= 11 is 0. The number of fused-ring (bicyclic) bond motifs is 1. The van der Waals surface area contributed by atoms with Gasteiger partial charge in [0.25, 0.3) is 5.91 Å². The SMILES string of the molecule is CCCCCCN1C(=O)C(C)(C)Oc2ccc(NC3CC3)cc21. The molecule has 0 bridgehead atoms. The summed E-state index contributed by atoms with van der Waals surface area (Å²) in [6.45, 7) is 6.68. The molecule has 1 aromatic carbocycles. The van der Waals surface area contributed by atoms with Crippen molar-refractivity contribution in [3.8, 4) is 5.75 Å². The molecule has 0 aromatic heterocycles. The fourth-order valence-corrected chi connectivity index (χ4v) is 3.04. The molecule has 0 spiro atoms. The Bertz CT molecular complexity index is 579. The highest BCUT2D eigenvalue weighted by molar-refractivity contribution is 6.02. The first-order valence-electron chi connectivity index (χ1n) is 8.93. The number of rotatable bonds is 7. The van der Waals surface area contributed by atoms with E-state index in [1.54, 1.807) is 0 Å². The summed E-state index contributed by atoms with van der Waals surface area (Å²) in [5.41, 5.74) is 1.21. The average Bonchev–Trinajstić information content (AvgIpc) is 3.31. The molecule has 1 heterocycles. The maximum atomic E-state index is 12.8. The zero-order valence-electron chi connectivity index (χ0n) is 14.5. The number of carbonyl (C=O) groups is 1. The van der Waals surface area contributed by atoms with Gasteiger partial charge in [-0.1, -0.05) is 26.2 Å². The van der Waals surface area contributed by atoms with E-state index >= 15 is 0 Å². The van der Waals surface area contributed by atoms with Crippen LogP contribution in [0.5, 0.6) is 5.75 Å². The van der Waals surface area contributed by atoms with Crippen LogP contribution in [0, 0.1) is 0 Å². The molecule has 0 radical (unpaired) electrons. The van der Waals surface area contributed by atoms with Gasteiger partial charge in [0.2, 0.25) is 0 Å². The Morgan fingerprint density at radius 3 is 2.74 bits per heavy atom. The van der Waals surface area contributed by atoms with Crippen molar-refractivity contribution in [1.82, 2.24) is 0 Å². The van der Waals surface area contributed by atoms with Gasteiger partial charge in [-0.2, -0.15) is 0 Å². The molecule has 1 aliphatic carbocycles. The van der Waals surface area contributed by atoms with Crippen molar-refractivity contribution in [3.63, 3.8) is 0 Å². The third kappa shape index (κ3) is 3.62. The minimum Gasteiger partial charge on any atom is -0.476 e. The molecule has 2 aliphatic rings. The van der Waals surface area contributed by atoms with E-state index in [2.05, 4.69) is 24.4 Å². The average molecular weight is 316 g/mol. The van der Waals surface area contributed by atoms with Crippen LogP contribution in [0.4, 0.5) is 11.4 Å². The van der Waals surface area contributed by atoms with Crippen molar-refractivity contribution in [2.75, 3.05) is 16.8 Å². The first kappa shape index (κ1) is 16.2. The fourth-order valence-electron chi connectivity index (χ4n) is 3.04. The Morgan fingerprint density at radius 1 is 1.26 bits per heavy atom. The maximum Gasteiger partial charge on any atom is 0.270 e. The Balaban J connectivity index is 1.82. The number of amides is 1. The lowest BCUT2D eigenvalue weighted by molar-refractivity contribution is -0.132. The highest BCUT2D eigenvalue weighted by Crippen LogP contribution is 2.40. The van der Waals surface area contributed by atoms with E-state index in [-0.39, 0.29) is 5.91 Å². The van der Waals surface area contributed by atoms with E-state index in [0.717, 1.165) is 36.5 Å². The molecule has 1 fully saturated rings. The predicted octanol–water partition coefficient (Wildman–Crippen LogP) is 4.35. The monoisotopic (exact) mass is 316 g/mol. The number of nitrogens with zero attached hydrogens (tertiary/aromatic N) is 1. The molecule has 0 atom stereocenters. The van der Waals surface area contributed by atoms with Crippen LogP contribution in [-0.2, 0) is 4.79 Å². The van der Waals surface area contributed by atoms with Crippen molar-refractivity contribution in [2.24, 2.45) is 0 Å². The minimum absolute atomic E-state index is 0.0603. The van der Waals surface area contributed by atoms with Crippen LogP contribution in [0.2, 0.25) is 0 Å². The number of hydrogen-bond acceptors (Lipinski definition) is 3. The van der Waals surface area contributed by atoms with Gasteiger partial charge in [-0.3, -0.25) is 4.79 Å². The quantitative estimate of drug-likeness (QED) is 0.761. The van der Waals surface area contributed by atoms with Gasteiger partial charge < -0.3 is 15.0 Å². The second-order valence-corrected chi connectivity index (χ2v) is 7.23. The third-order valence-corrected chi connectivity index (χ3v) is 4.56. The Hall–Kier alpha value is -1.71. The van der Waals surface area contributed by atoms with Crippen molar-refractivity contribution in [1.29, 1.82) is 0 Å². The Kier molecular flexibility index (Phi) is 4.51. The first-order valence-corrected chi connectivity index (χ1v) is 8.93. The molecule has 126 valence electrons. The number of ether oxygens (including phenoxy) is 1. The van der Waals surface area contributed by atoms with Crippen LogP contribution in [-0.4, -0.2) is 24.1 Å². The zero-order valence-corrected chi connectivity index (χ0v) is 14.5. The molecule has 1 aromatic rings. The molecule has 0 saturated heterocycles. The van der Waals surface area contributed by atoms with E-state index in [1.807, 2.05) is 24.8 Å². The van der Waals surface area contributed by atoms with Crippen LogP contribution in [0.25, 0.3) is 0 Å². The highest BCUT2D eigenvalue weighted by Gasteiger charge is 2.40. The second-order valence-electron chi connectivity index (χ2n) is 7.23. The molecule has 1 N–H and O–H groups in total. The molecule has 23 heavy (non-hydrogen) atoms. The number of anilines is 2. The van der Waals surface area contributed by atoms with E-state index < -0.39 is 5.60 Å². The summed E-state index contributed by atoms with van der Waals surface area (Å²) in [6.07, 6.45) is 7.10. The predicted molar refractivity (Wildman–Crippen MR) is 94.3 cm³/mol. The largest absolute Gasteiger partial charge is 0.476 e. The van der Waals surface area contributed by atoms with Crippen LogP contribution in [0.3, 0.4) is 0 Å². The van der Waals surface area contributed by atoms with E-state index in [1.165, 1.54) is 25.7 Å². The second kappa shape index (κ2) is 6.42. The molecule has 1 aliphatic heterocycles. The van der Waals surface area contributed by atoms with Gasteiger partial charge in [0.1, 0.15) is 5.75 Å². The summed E-state index contributed by atoms with van der Waals surface area (Å²) in [4.78, 5) is 14.7. The van der Waals surface area contributed by atoms with Crippen LogP contribution in [0.1, 0.15) is 59.3 Å². The lowest BCUT2D eigenvalue weighted by atomic mass is 10.0. The lowest BCUT2D eigenvalue weighted by Gasteiger charge is -2.39. The van der Waals surface area contributed by atoms with E-state index in [4.69, 9.17) is 4.74 Å². The standard InChI is InChI=1S/C19H28N2O2/c1-4-5-6-7-12-21-16-13-15(20-14-8-9-14)10-11-17(16)23-19(2,3)18(21)22/h10-11,13-14,20H,4-9,12H2,1-3H3. The van der Waals surface area contributed by atoms with Crippen molar-refractivity contribution in [2.45, 2.75) is 70.9 Å². The smallest absolute Gasteiger partial charge is 0.270 e. The van der Waals surface area contributed by atoms with Crippen LogP contribution >= 0.6 is 0 Å². The fraction of sp³-hybridized carbons (Fsp3) is 0.632. The summed E-state index contributed by atoms with van der Waals surface area (Å²) in [5, 5.41) is 3.50. The summed E-state index contributed by atoms with van der Waals surface area (Å²) in [6, 6.07) is 6.72. The van der Waals surface area contributed by atoms with Gasteiger partial charge in [0, 0.05) is 18.3 Å². The molecule has 1 amide bonds. The zero-order chi connectivity index (χ0) is 16.4.